The first-order valence-electron chi connectivity index (χ1n) is 16.5. The summed E-state index contributed by atoms with van der Waals surface area (Å²) in [6.45, 7) is 16.2. The maximum Gasteiger partial charge on any atom is 0.241 e. The first-order chi connectivity index (χ1) is 22.0. The summed E-state index contributed by atoms with van der Waals surface area (Å²) in [6.07, 6.45) is 22.1. The SMILES string of the molecule is C#C.C/C=C1/OCC/C1=C/C(C)C.CC.CCCCN(C(=O)CN1CCC[C@@H]1CCOc1ccccc1OC)c1cccnc1. The zero-order valence-electron chi connectivity index (χ0n) is 28.8. The van der Waals surface area contributed by atoms with Crippen molar-refractivity contribution >= 4 is 11.6 Å². The Balaban J connectivity index is 0.000000563. The number of anilines is 1. The Labute approximate surface area is 273 Å². The van der Waals surface area contributed by atoms with Crippen molar-refractivity contribution < 1.29 is 19.0 Å². The second-order valence-electron chi connectivity index (χ2n) is 10.9. The van der Waals surface area contributed by atoms with E-state index in [1.807, 2.05) is 68.1 Å². The molecule has 0 bridgehead atoms. The summed E-state index contributed by atoms with van der Waals surface area (Å²) in [5.41, 5.74) is 2.26. The lowest BCUT2D eigenvalue weighted by atomic mass is 10.1. The average molecular weight is 620 g/mol. The maximum absolute atomic E-state index is 13.1. The van der Waals surface area contributed by atoms with E-state index in [0.717, 1.165) is 81.2 Å². The minimum atomic E-state index is 0.147. The molecule has 0 unspecified atom stereocenters. The number of unbranched alkanes of at least 4 members (excludes halogenated alkanes) is 1. The Hall–Kier alpha value is -3.76. The molecule has 1 aromatic heterocycles. The van der Waals surface area contributed by atoms with Crippen molar-refractivity contribution in [1.29, 1.82) is 0 Å². The fourth-order valence-electron chi connectivity index (χ4n) is 5.28. The van der Waals surface area contributed by atoms with Gasteiger partial charge in [-0.2, -0.15) is 0 Å². The Kier molecular flexibility index (Phi) is 20.6. The summed E-state index contributed by atoms with van der Waals surface area (Å²) < 4.78 is 16.7. The molecule has 2 aromatic rings. The van der Waals surface area contributed by atoms with Gasteiger partial charge in [0.1, 0.15) is 5.76 Å². The summed E-state index contributed by atoms with van der Waals surface area (Å²) >= 11 is 0. The number of para-hydroxylation sites is 2. The third-order valence-electron chi connectivity index (χ3n) is 7.35. The Bertz CT molecular complexity index is 1160. The number of rotatable bonds is 12. The van der Waals surface area contributed by atoms with Crippen LogP contribution in [0.1, 0.15) is 80.1 Å². The van der Waals surface area contributed by atoms with Crippen LogP contribution in [0.2, 0.25) is 0 Å². The van der Waals surface area contributed by atoms with Crippen molar-refractivity contribution in [3.05, 3.63) is 72.3 Å². The van der Waals surface area contributed by atoms with Crippen LogP contribution >= 0.6 is 0 Å². The van der Waals surface area contributed by atoms with Crippen molar-refractivity contribution in [2.24, 2.45) is 5.92 Å². The molecule has 0 spiro atoms. The van der Waals surface area contributed by atoms with E-state index in [1.165, 1.54) is 5.57 Å². The fraction of sp³-hybridized carbons (Fsp3) is 0.526. The highest BCUT2D eigenvalue weighted by atomic mass is 16.5. The third kappa shape index (κ3) is 13.8. The van der Waals surface area contributed by atoms with Crippen LogP contribution in [0.4, 0.5) is 5.69 Å². The molecule has 248 valence electrons. The third-order valence-corrected chi connectivity index (χ3v) is 7.35. The molecule has 2 saturated heterocycles. The zero-order valence-corrected chi connectivity index (χ0v) is 28.8. The van der Waals surface area contributed by atoms with Crippen LogP contribution in [0.3, 0.4) is 0 Å². The molecule has 7 nitrogen and oxygen atoms in total. The number of aromatic nitrogens is 1. The Morgan fingerprint density at radius 3 is 2.53 bits per heavy atom. The highest BCUT2D eigenvalue weighted by Crippen LogP contribution is 2.27. The number of hydrogen-bond donors (Lipinski definition) is 0. The molecular weight excluding hydrogens is 562 g/mol. The number of pyridine rings is 1. The number of terminal acetylenes is 1. The largest absolute Gasteiger partial charge is 0.493 e. The minimum Gasteiger partial charge on any atom is -0.493 e. The van der Waals surface area contributed by atoms with E-state index in [0.29, 0.717) is 25.1 Å². The molecule has 0 aliphatic carbocycles. The predicted octanol–water partition coefficient (Wildman–Crippen LogP) is 8.33. The van der Waals surface area contributed by atoms with Gasteiger partial charge in [0.25, 0.3) is 0 Å². The lowest BCUT2D eigenvalue weighted by molar-refractivity contribution is -0.120. The number of likely N-dealkylation sites (tertiary alicyclic amines) is 1. The molecule has 2 aliphatic rings. The predicted molar refractivity (Wildman–Crippen MR) is 188 cm³/mol. The van der Waals surface area contributed by atoms with Crippen LogP contribution in [0.25, 0.3) is 0 Å². The average Bonchev–Trinajstić information content (AvgIpc) is 3.72. The first kappa shape index (κ1) is 39.3. The number of benzene rings is 1. The molecule has 1 atom stereocenters. The van der Waals surface area contributed by atoms with Crippen LogP contribution in [-0.4, -0.2) is 61.8 Å². The molecule has 1 aromatic carbocycles. The quantitative estimate of drug-likeness (QED) is 0.223. The molecule has 4 rings (SSSR count). The summed E-state index contributed by atoms with van der Waals surface area (Å²) in [6, 6.07) is 11.9. The van der Waals surface area contributed by atoms with Gasteiger partial charge >= 0.3 is 0 Å². The van der Waals surface area contributed by atoms with Crippen molar-refractivity contribution in [2.45, 2.75) is 86.1 Å². The van der Waals surface area contributed by atoms with E-state index >= 15 is 0 Å². The molecule has 3 heterocycles. The van der Waals surface area contributed by atoms with Gasteiger partial charge in [0.15, 0.2) is 11.5 Å². The maximum atomic E-state index is 13.1. The molecule has 0 N–H and O–H groups in total. The lowest BCUT2D eigenvalue weighted by Crippen LogP contribution is -2.43. The first-order valence-corrected chi connectivity index (χ1v) is 16.5. The number of hydrogen-bond acceptors (Lipinski definition) is 6. The van der Waals surface area contributed by atoms with Gasteiger partial charge in [0.2, 0.25) is 5.91 Å². The van der Waals surface area contributed by atoms with E-state index < -0.39 is 0 Å². The number of ether oxygens (including phenoxy) is 3. The summed E-state index contributed by atoms with van der Waals surface area (Å²) in [5, 5.41) is 0. The van der Waals surface area contributed by atoms with Crippen LogP contribution in [0.15, 0.2) is 72.3 Å². The van der Waals surface area contributed by atoms with Gasteiger partial charge in [-0.3, -0.25) is 14.7 Å². The molecule has 7 heteroatoms. The van der Waals surface area contributed by atoms with E-state index in [-0.39, 0.29) is 5.91 Å². The van der Waals surface area contributed by atoms with Crippen LogP contribution in [0.5, 0.6) is 11.5 Å². The molecule has 45 heavy (non-hydrogen) atoms. The van der Waals surface area contributed by atoms with E-state index in [9.17, 15) is 4.79 Å². The molecular formula is C38H57N3O4. The lowest BCUT2D eigenvalue weighted by Gasteiger charge is -2.28. The standard InChI is InChI=1S/C24H33N3O3.C10H16O.C2H6.C2H2/c1-3-4-16-27(21-9-7-14-25-18-21)24(28)19-26-15-8-10-20(26)13-17-30-23-12-6-5-11-22(23)29-2;1-4-10-9(5-6-11-10)7-8(2)3;2*1-2/h5-7,9,11-12,14,18,20H,3-4,8,10,13,15-17,19H2,1-2H3;4,7-8H,5-6H2,1-3H3;1-2H3;1-2H/b;9-7-,10-4+;;/t20-;;;/m1.../s1. The smallest absolute Gasteiger partial charge is 0.241 e. The summed E-state index contributed by atoms with van der Waals surface area (Å²) in [7, 11) is 1.65. The topological polar surface area (TPSA) is 64.1 Å². The Morgan fingerprint density at radius 2 is 1.91 bits per heavy atom. The van der Waals surface area contributed by atoms with E-state index in [2.05, 4.69) is 49.6 Å². The highest BCUT2D eigenvalue weighted by molar-refractivity contribution is 5.94. The van der Waals surface area contributed by atoms with Gasteiger partial charge in [0.05, 0.1) is 38.8 Å². The number of amides is 1. The number of carbonyl (C=O) groups is 1. The molecule has 0 radical (unpaired) electrons. The van der Waals surface area contributed by atoms with Crippen LogP contribution in [0, 0.1) is 18.8 Å². The molecule has 2 fully saturated rings. The van der Waals surface area contributed by atoms with E-state index in [4.69, 9.17) is 14.2 Å². The Morgan fingerprint density at radius 1 is 1.18 bits per heavy atom. The number of nitrogens with zero attached hydrogens (tertiary/aromatic N) is 3. The van der Waals surface area contributed by atoms with Gasteiger partial charge in [-0.05, 0) is 81.0 Å². The number of allylic oxidation sites excluding steroid dienone is 3. The van der Waals surface area contributed by atoms with Crippen molar-refractivity contribution in [2.75, 3.05) is 44.9 Å². The van der Waals surface area contributed by atoms with Gasteiger partial charge in [-0.1, -0.05) is 59.2 Å². The number of carbonyl (C=O) groups excluding carboxylic acids is 1. The van der Waals surface area contributed by atoms with Gasteiger partial charge in [-0.15, -0.1) is 12.8 Å². The minimum absolute atomic E-state index is 0.147. The summed E-state index contributed by atoms with van der Waals surface area (Å²) in [4.78, 5) is 21.5. The van der Waals surface area contributed by atoms with Crippen LogP contribution < -0.4 is 14.4 Å². The van der Waals surface area contributed by atoms with Gasteiger partial charge in [0, 0.05) is 25.2 Å². The second-order valence-corrected chi connectivity index (χ2v) is 10.9. The number of methoxy groups -OCH3 is 1. The van der Waals surface area contributed by atoms with Crippen LogP contribution in [-0.2, 0) is 9.53 Å². The van der Waals surface area contributed by atoms with Crippen molar-refractivity contribution in [1.82, 2.24) is 9.88 Å². The summed E-state index contributed by atoms with van der Waals surface area (Å²) in [5.74, 6) is 3.37. The second kappa shape index (κ2) is 23.6. The zero-order chi connectivity index (χ0) is 33.5. The normalized spacial score (nSPS) is 17.2. The van der Waals surface area contributed by atoms with E-state index in [1.54, 1.807) is 19.5 Å². The molecule has 1 amide bonds. The van der Waals surface area contributed by atoms with Crippen molar-refractivity contribution in [3.8, 4) is 24.3 Å². The molecule has 0 saturated carbocycles. The van der Waals surface area contributed by atoms with Crippen molar-refractivity contribution in [3.63, 3.8) is 0 Å². The fourth-order valence-corrected chi connectivity index (χ4v) is 5.28. The monoisotopic (exact) mass is 619 g/mol. The molecule has 2 aliphatic heterocycles. The highest BCUT2D eigenvalue weighted by Gasteiger charge is 2.28. The van der Waals surface area contributed by atoms with Gasteiger partial charge < -0.3 is 19.1 Å². The van der Waals surface area contributed by atoms with Gasteiger partial charge in [-0.25, -0.2) is 0 Å².